The molecule has 2 aromatic rings. The van der Waals surface area contributed by atoms with Crippen LogP contribution in [0.2, 0.25) is 0 Å². The zero-order chi connectivity index (χ0) is 18.1. The van der Waals surface area contributed by atoms with E-state index in [1.165, 1.54) is 19.8 Å². The highest BCUT2D eigenvalue weighted by atomic mass is 16.5. The van der Waals surface area contributed by atoms with E-state index in [4.69, 9.17) is 14.2 Å². The Morgan fingerprint density at radius 2 is 1.60 bits per heavy atom. The quantitative estimate of drug-likeness (QED) is 0.709. The summed E-state index contributed by atoms with van der Waals surface area (Å²) in [5, 5.41) is 2.93. The highest BCUT2D eigenvalue weighted by Crippen LogP contribution is 2.39. The first-order valence-corrected chi connectivity index (χ1v) is 8.32. The largest absolute Gasteiger partial charge is 0.493 e. The zero-order valence-electron chi connectivity index (χ0n) is 15.0. The fourth-order valence-electron chi connectivity index (χ4n) is 2.68. The number of carbonyl (C=O) groups is 1. The van der Waals surface area contributed by atoms with Gasteiger partial charge >= 0.3 is 0 Å². The lowest BCUT2D eigenvalue weighted by Gasteiger charge is -2.15. The van der Waals surface area contributed by atoms with Crippen LogP contribution in [0.5, 0.6) is 17.2 Å². The van der Waals surface area contributed by atoms with Crippen LogP contribution in [0, 0.1) is 0 Å². The molecule has 0 saturated carbocycles. The van der Waals surface area contributed by atoms with E-state index >= 15 is 0 Å². The Morgan fingerprint density at radius 3 is 2.24 bits per heavy atom. The number of benzene rings is 2. The molecule has 1 N–H and O–H groups in total. The molecule has 25 heavy (non-hydrogen) atoms. The van der Waals surface area contributed by atoms with Crippen LogP contribution >= 0.6 is 0 Å². The molecule has 1 amide bonds. The lowest BCUT2D eigenvalue weighted by Crippen LogP contribution is -2.25. The van der Waals surface area contributed by atoms with Crippen LogP contribution in [0.1, 0.15) is 28.8 Å². The molecule has 134 valence electrons. The number of methoxy groups -OCH3 is 3. The lowest BCUT2D eigenvalue weighted by molar-refractivity contribution is 0.0949. The summed E-state index contributed by atoms with van der Waals surface area (Å²) < 4.78 is 15.9. The Labute approximate surface area is 148 Å². The predicted octanol–water partition coefficient (Wildman–Crippen LogP) is 3.47. The van der Waals surface area contributed by atoms with Gasteiger partial charge in [0.2, 0.25) is 5.75 Å². The fourth-order valence-corrected chi connectivity index (χ4v) is 2.68. The third kappa shape index (κ3) is 4.89. The third-order valence-corrected chi connectivity index (χ3v) is 3.97. The van der Waals surface area contributed by atoms with E-state index in [2.05, 4.69) is 17.4 Å². The molecule has 0 heterocycles. The minimum Gasteiger partial charge on any atom is -0.493 e. The molecule has 0 spiro atoms. The maximum absolute atomic E-state index is 12.4. The van der Waals surface area contributed by atoms with Gasteiger partial charge < -0.3 is 19.5 Å². The molecule has 2 aromatic carbocycles. The van der Waals surface area contributed by atoms with E-state index in [1.54, 1.807) is 19.2 Å². The normalized spacial score (nSPS) is 10.2. The summed E-state index contributed by atoms with van der Waals surface area (Å²) in [4.78, 5) is 12.4. The molecule has 0 fully saturated rings. The number of carbonyl (C=O) groups excluding carboxylic acids is 1. The van der Waals surface area contributed by atoms with Crippen molar-refractivity contribution >= 4 is 5.91 Å². The summed E-state index contributed by atoms with van der Waals surface area (Å²) in [6.07, 6.45) is 2.94. The van der Waals surface area contributed by atoms with Crippen molar-refractivity contribution in [3.63, 3.8) is 0 Å². The molecular weight excluding hydrogens is 318 g/mol. The first-order valence-electron chi connectivity index (χ1n) is 8.32. The van der Waals surface area contributed by atoms with Crippen LogP contribution in [0.3, 0.4) is 0 Å². The van der Waals surface area contributed by atoms with E-state index in [0.29, 0.717) is 29.4 Å². The molecule has 5 nitrogen and oxygen atoms in total. The van der Waals surface area contributed by atoms with Gasteiger partial charge in [-0.15, -0.1) is 0 Å². The van der Waals surface area contributed by atoms with E-state index in [-0.39, 0.29) is 5.91 Å². The monoisotopic (exact) mass is 343 g/mol. The Morgan fingerprint density at radius 1 is 0.880 bits per heavy atom. The van der Waals surface area contributed by atoms with Gasteiger partial charge in [0.25, 0.3) is 5.91 Å². The number of ether oxygens (including phenoxy) is 3. The number of amides is 1. The standard InChI is InChI=1S/C20H25NO4/c1-23-17-13-12-16(18(24-2)19(17)25-3)20(22)21-14-8-7-11-15-9-5-4-6-10-15/h4-6,9-10,12-13H,7-8,11,14H2,1-3H3,(H,21,22). The minimum absolute atomic E-state index is 0.183. The van der Waals surface area contributed by atoms with Crippen molar-refractivity contribution in [2.75, 3.05) is 27.9 Å². The summed E-state index contributed by atoms with van der Waals surface area (Å²) in [5.41, 5.74) is 1.75. The molecule has 0 atom stereocenters. The van der Waals surface area contributed by atoms with E-state index in [9.17, 15) is 4.79 Å². The molecule has 0 aliphatic carbocycles. The van der Waals surface area contributed by atoms with Crippen molar-refractivity contribution in [1.29, 1.82) is 0 Å². The van der Waals surface area contributed by atoms with E-state index in [1.807, 2.05) is 18.2 Å². The average Bonchev–Trinajstić information content (AvgIpc) is 2.66. The van der Waals surface area contributed by atoms with Crippen LogP contribution in [0.4, 0.5) is 0 Å². The van der Waals surface area contributed by atoms with Gasteiger partial charge in [-0.2, -0.15) is 0 Å². The van der Waals surface area contributed by atoms with Gasteiger partial charge in [0.15, 0.2) is 11.5 Å². The van der Waals surface area contributed by atoms with Crippen LogP contribution in [-0.4, -0.2) is 33.8 Å². The third-order valence-electron chi connectivity index (χ3n) is 3.97. The number of hydrogen-bond donors (Lipinski definition) is 1. The molecule has 2 rings (SSSR count). The van der Waals surface area contributed by atoms with Crippen molar-refractivity contribution in [2.24, 2.45) is 0 Å². The van der Waals surface area contributed by atoms with Gasteiger partial charge in [-0.3, -0.25) is 4.79 Å². The summed E-state index contributed by atoms with van der Waals surface area (Å²) in [5.74, 6) is 1.14. The molecule has 0 aliphatic heterocycles. The van der Waals surface area contributed by atoms with Crippen LogP contribution in [0.15, 0.2) is 42.5 Å². The SMILES string of the molecule is COc1ccc(C(=O)NCCCCc2ccccc2)c(OC)c1OC. The maximum atomic E-state index is 12.4. The molecule has 0 unspecified atom stereocenters. The molecule has 5 heteroatoms. The van der Waals surface area contributed by atoms with E-state index < -0.39 is 0 Å². The Kier molecular flexibility index (Phi) is 7.14. The topological polar surface area (TPSA) is 56.8 Å². The molecule has 0 aliphatic rings. The van der Waals surface area contributed by atoms with Crippen molar-refractivity contribution in [3.05, 3.63) is 53.6 Å². The van der Waals surface area contributed by atoms with Crippen molar-refractivity contribution in [1.82, 2.24) is 5.32 Å². The average molecular weight is 343 g/mol. The number of unbranched alkanes of at least 4 members (excludes halogenated alkanes) is 1. The van der Waals surface area contributed by atoms with E-state index in [0.717, 1.165) is 19.3 Å². The zero-order valence-corrected chi connectivity index (χ0v) is 15.0. The van der Waals surface area contributed by atoms with Gasteiger partial charge in [-0.25, -0.2) is 0 Å². The minimum atomic E-state index is -0.183. The van der Waals surface area contributed by atoms with Gasteiger partial charge in [-0.1, -0.05) is 30.3 Å². The van der Waals surface area contributed by atoms with Crippen molar-refractivity contribution in [3.8, 4) is 17.2 Å². The van der Waals surface area contributed by atoms with Crippen LogP contribution < -0.4 is 19.5 Å². The molecule has 0 aromatic heterocycles. The summed E-state index contributed by atoms with van der Waals surface area (Å²) in [6, 6.07) is 13.7. The molecular formula is C20H25NO4. The second kappa shape index (κ2) is 9.57. The van der Waals surface area contributed by atoms with Crippen molar-refractivity contribution < 1.29 is 19.0 Å². The summed E-state index contributed by atoms with van der Waals surface area (Å²) in [7, 11) is 4.57. The van der Waals surface area contributed by atoms with Gasteiger partial charge in [0.1, 0.15) is 0 Å². The highest BCUT2D eigenvalue weighted by Gasteiger charge is 2.20. The molecule has 0 saturated heterocycles. The second-order valence-corrected chi connectivity index (χ2v) is 5.58. The maximum Gasteiger partial charge on any atom is 0.255 e. The van der Waals surface area contributed by atoms with Crippen molar-refractivity contribution in [2.45, 2.75) is 19.3 Å². The number of nitrogens with one attached hydrogen (secondary N) is 1. The van der Waals surface area contributed by atoms with Crippen LogP contribution in [-0.2, 0) is 6.42 Å². The molecule has 0 radical (unpaired) electrons. The number of rotatable bonds is 9. The molecule has 0 bridgehead atoms. The van der Waals surface area contributed by atoms with Gasteiger partial charge in [0, 0.05) is 6.54 Å². The van der Waals surface area contributed by atoms with Crippen LogP contribution in [0.25, 0.3) is 0 Å². The van der Waals surface area contributed by atoms with Gasteiger partial charge in [0.05, 0.1) is 26.9 Å². The predicted molar refractivity (Wildman–Crippen MR) is 97.8 cm³/mol. The van der Waals surface area contributed by atoms with Gasteiger partial charge in [-0.05, 0) is 37.0 Å². The summed E-state index contributed by atoms with van der Waals surface area (Å²) in [6.45, 7) is 0.614. The smallest absolute Gasteiger partial charge is 0.255 e. The first-order chi connectivity index (χ1) is 12.2. The highest BCUT2D eigenvalue weighted by molar-refractivity contribution is 5.98. The lowest BCUT2D eigenvalue weighted by atomic mass is 10.1. The first kappa shape index (κ1) is 18.6. The fraction of sp³-hybridized carbons (Fsp3) is 0.350. The Hall–Kier alpha value is -2.69. The Balaban J connectivity index is 1.90. The number of hydrogen-bond acceptors (Lipinski definition) is 4. The number of aryl methyl sites for hydroxylation is 1. The second-order valence-electron chi connectivity index (χ2n) is 5.58. The Bertz CT molecular complexity index is 686. The summed E-state index contributed by atoms with van der Waals surface area (Å²) >= 11 is 0.